The van der Waals surface area contributed by atoms with Gasteiger partial charge in [0.2, 0.25) is 0 Å². The molecule has 0 fully saturated rings. The minimum atomic E-state index is -0.393. The molecule has 0 N–H and O–H groups in total. The first-order chi connectivity index (χ1) is 6.74. The molecule has 2 aromatic heterocycles. The van der Waals surface area contributed by atoms with Crippen LogP contribution >= 0.6 is 15.9 Å². The second kappa shape index (κ2) is 3.42. The second-order valence-corrected chi connectivity index (χ2v) is 3.54. The second-order valence-electron chi connectivity index (χ2n) is 2.68. The topological polar surface area (TPSA) is 43.6 Å². The number of nitrogens with zero attached hydrogens (tertiary/aromatic N) is 2. The highest BCUT2D eigenvalue weighted by Gasteiger charge is 2.12. The summed E-state index contributed by atoms with van der Waals surface area (Å²) in [6.45, 7) is 0. The number of ether oxygens (including phenoxy) is 1. The molecule has 0 radical (unpaired) electrons. The maximum Gasteiger partial charge on any atom is 0.356 e. The first kappa shape index (κ1) is 9.21. The Morgan fingerprint density at radius 2 is 2.43 bits per heavy atom. The van der Waals surface area contributed by atoms with E-state index >= 15 is 0 Å². The summed E-state index contributed by atoms with van der Waals surface area (Å²) < 4.78 is 7.15. The normalized spacial score (nSPS) is 10.4. The van der Waals surface area contributed by atoms with Crippen molar-refractivity contribution in [3.63, 3.8) is 0 Å². The maximum absolute atomic E-state index is 11.3. The largest absolute Gasteiger partial charge is 0.464 e. The minimum Gasteiger partial charge on any atom is -0.464 e. The zero-order chi connectivity index (χ0) is 10.1. The number of aromatic nitrogens is 2. The number of rotatable bonds is 1. The van der Waals surface area contributed by atoms with Gasteiger partial charge in [-0.1, -0.05) is 0 Å². The van der Waals surface area contributed by atoms with Crippen LogP contribution < -0.4 is 0 Å². The Morgan fingerprint density at radius 3 is 3.14 bits per heavy atom. The van der Waals surface area contributed by atoms with Gasteiger partial charge in [0.25, 0.3) is 0 Å². The Kier molecular flexibility index (Phi) is 2.25. The van der Waals surface area contributed by atoms with E-state index in [2.05, 4.69) is 25.7 Å². The molecular formula is C9H7BrN2O2. The van der Waals surface area contributed by atoms with Crippen molar-refractivity contribution in [2.24, 2.45) is 0 Å². The zero-order valence-corrected chi connectivity index (χ0v) is 8.98. The van der Waals surface area contributed by atoms with Crippen molar-refractivity contribution in [1.29, 1.82) is 0 Å². The molecule has 5 heteroatoms. The van der Waals surface area contributed by atoms with E-state index in [9.17, 15) is 4.79 Å². The molecule has 0 unspecified atom stereocenters. The van der Waals surface area contributed by atoms with Gasteiger partial charge >= 0.3 is 5.97 Å². The molecule has 72 valence electrons. The van der Waals surface area contributed by atoms with Gasteiger partial charge in [0.1, 0.15) is 0 Å². The van der Waals surface area contributed by atoms with Crippen LogP contribution in [0.4, 0.5) is 0 Å². The fourth-order valence-corrected chi connectivity index (χ4v) is 1.68. The Morgan fingerprint density at radius 1 is 1.64 bits per heavy atom. The number of fused-ring (bicyclic) bond motifs is 1. The zero-order valence-electron chi connectivity index (χ0n) is 7.40. The molecule has 4 nitrogen and oxygen atoms in total. The molecule has 0 saturated carbocycles. The molecule has 0 amide bonds. The van der Waals surface area contributed by atoms with Gasteiger partial charge in [0, 0.05) is 6.20 Å². The van der Waals surface area contributed by atoms with Gasteiger partial charge in [-0.2, -0.15) is 0 Å². The summed E-state index contributed by atoms with van der Waals surface area (Å²) in [6.07, 6.45) is 3.26. The van der Waals surface area contributed by atoms with Gasteiger partial charge in [0.05, 0.1) is 17.8 Å². The predicted molar refractivity (Wildman–Crippen MR) is 54.2 cm³/mol. The lowest BCUT2D eigenvalue weighted by atomic mass is 10.4. The smallest absolute Gasteiger partial charge is 0.356 e. The average molecular weight is 255 g/mol. The molecule has 0 aliphatic heterocycles. The number of imidazole rings is 1. The molecule has 0 bridgehead atoms. The van der Waals surface area contributed by atoms with Crippen molar-refractivity contribution in [3.05, 3.63) is 34.7 Å². The first-order valence-corrected chi connectivity index (χ1v) is 4.73. The number of hydrogen-bond acceptors (Lipinski definition) is 3. The van der Waals surface area contributed by atoms with Crippen molar-refractivity contribution in [2.45, 2.75) is 0 Å². The number of halogens is 1. The van der Waals surface area contributed by atoms with Crippen LogP contribution in [-0.4, -0.2) is 22.5 Å². The van der Waals surface area contributed by atoms with Crippen LogP contribution in [0.5, 0.6) is 0 Å². The molecule has 0 atom stereocenters. The monoisotopic (exact) mass is 254 g/mol. The Balaban J connectivity index is 2.70. The molecule has 0 saturated heterocycles. The highest BCUT2D eigenvalue weighted by molar-refractivity contribution is 9.10. The van der Waals surface area contributed by atoms with Gasteiger partial charge in [-0.25, -0.2) is 9.78 Å². The number of carbonyl (C=O) groups is 1. The minimum absolute atomic E-state index is 0.393. The fraction of sp³-hybridized carbons (Fsp3) is 0.111. The van der Waals surface area contributed by atoms with Crippen LogP contribution in [0.3, 0.4) is 0 Å². The quantitative estimate of drug-likeness (QED) is 0.731. The summed E-state index contributed by atoms with van der Waals surface area (Å²) in [6, 6.07) is 3.69. The first-order valence-electron chi connectivity index (χ1n) is 3.94. The SMILES string of the molecule is COC(=O)c1cnc2c(Br)cccn12. The fourth-order valence-electron chi connectivity index (χ4n) is 1.23. The third kappa shape index (κ3) is 1.29. The highest BCUT2D eigenvalue weighted by Crippen LogP contribution is 2.17. The van der Waals surface area contributed by atoms with Gasteiger partial charge in [-0.3, -0.25) is 4.40 Å². The number of methoxy groups -OCH3 is 1. The van der Waals surface area contributed by atoms with E-state index in [1.54, 1.807) is 10.6 Å². The number of esters is 1. The van der Waals surface area contributed by atoms with E-state index in [0.717, 1.165) is 4.47 Å². The molecule has 0 aliphatic carbocycles. The highest BCUT2D eigenvalue weighted by atomic mass is 79.9. The molecule has 2 heterocycles. The lowest BCUT2D eigenvalue weighted by Gasteiger charge is -1.99. The molecule has 14 heavy (non-hydrogen) atoms. The van der Waals surface area contributed by atoms with Crippen LogP contribution in [-0.2, 0) is 4.74 Å². The van der Waals surface area contributed by atoms with E-state index in [1.807, 2.05) is 12.1 Å². The number of pyridine rings is 1. The lowest BCUT2D eigenvalue weighted by molar-refractivity contribution is 0.0593. The van der Waals surface area contributed by atoms with Crippen molar-refractivity contribution in [1.82, 2.24) is 9.38 Å². The van der Waals surface area contributed by atoms with E-state index in [0.29, 0.717) is 11.3 Å². The third-order valence-corrected chi connectivity index (χ3v) is 2.50. The van der Waals surface area contributed by atoms with Gasteiger partial charge < -0.3 is 4.74 Å². The average Bonchev–Trinajstić information content (AvgIpc) is 2.62. The number of hydrogen-bond donors (Lipinski definition) is 0. The Hall–Kier alpha value is -1.36. The van der Waals surface area contributed by atoms with E-state index < -0.39 is 5.97 Å². The summed E-state index contributed by atoms with van der Waals surface area (Å²) >= 11 is 3.35. The maximum atomic E-state index is 11.3. The van der Waals surface area contributed by atoms with E-state index in [-0.39, 0.29) is 0 Å². The molecule has 0 spiro atoms. The predicted octanol–water partition coefficient (Wildman–Crippen LogP) is 1.88. The van der Waals surface area contributed by atoms with Crippen LogP contribution in [0.1, 0.15) is 10.5 Å². The van der Waals surface area contributed by atoms with Crippen LogP contribution in [0.25, 0.3) is 5.65 Å². The standard InChI is InChI=1S/C9H7BrN2O2/c1-14-9(13)7-5-11-8-6(10)3-2-4-12(7)8/h2-5H,1H3. The van der Waals surface area contributed by atoms with Crippen LogP contribution in [0, 0.1) is 0 Å². The van der Waals surface area contributed by atoms with Gasteiger partial charge in [0.15, 0.2) is 11.3 Å². The summed E-state index contributed by atoms with van der Waals surface area (Å²) in [5, 5.41) is 0. The van der Waals surface area contributed by atoms with Crippen molar-refractivity contribution in [3.8, 4) is 0 Å². The summed E-state index contributed by atoms with van der Waals surface area (Å²) in [4.78, 5) is 15.4. The summed E-state index contributed by atoms with van der Waals surface area (Å²) in [5.74, 6) is -0.393. The van der Waals surface area contributed by atoms with Crippen molar-refractivity contribution in [2.75, 3.05) is 7.11 Å². The summed E-state index contributed by atoms with van der Waals surface area (Å²) in [7, 11) is 1.35. The third-order valence-electron chi connectivity index (χ3n) is 1.88. The number of carbonyl (C=O) groups excluding carboxylic acids is 1. The van der Waals surface area contributed by atoms with Gasteiger partial charge in [-0.15, -0.1) is 0 Å². The van der Waals surface area contributed by atoms with E-state index in [1.165, 1.54) is 13.3 Å². The van der Waals surface area contributed by atoms with Gasteiger partial charge in [-0.05, 0) is 28.1 Å². The van der Waals surface area contributed by atoms with Crippen LogP contribution in [0.15, 0.2) is 29.0 Å². The molecule has 0 aliphatic rings. The lowest BCUT2D eigenvalue weighted by Crippen LogP contribution is -2.04. The summed E-state index contributed by atoms with van der Waals surface area (Å²) in [5.41, 5.74) is 1.12. The van der Waals surface area contributed by atoms with Crippen LogP contribution in [0.2, 0.25) is 0 Å². The van der Waals surface area contributed by atoms with E-state index in [4.69, 9.17) is 0 Å². The molecule has 2 aromatic rings. The Labute approximate surface area is 88.6 Å². The van der Waals surface area contributed by atoms with Crippen molar-refractivity contribution >= 4 is 27.5 Å². The molecule has 2 rings (SSSR count). The molecular weight excluding hydrogens is 248 g/mol. The van der Waals surface area contributed by atoms with Crippen molar-refractivity contribution < 1.29 is 9.53 Å². The molecule has 0 aromatic carbocycles. The Bertz CT molecular complexity index is 493.